The second kappa shape index (κ2) is 9.85. The van der Waals surface area contributed by atoms with Crippen LogP contribution in [0.25, 0.3) is 0 Å². The number of sulfonamides is 1. The predicted octanol–water partition coefficient (Wildman–Crippen LogP) is 3.81. The quantitative estimate of drug-likeness (QED) is 0.497. The molecule has 1 saturated heterocycles. The Kier molecular flexibility index (Phi) is 6.92. The zero-order valence-electron chi connectivity index (χ0n) is 17.7. The Labute approximate surface area is 191 Å². The highest BCUT2D eigenvalue weighted by Gasteiger charge is 2.27. The third kappa shape index (κ3) is 5.20. The zero-order chi connectivity index (χ0) is 22.6. The number of aromatic nitrogens is 2. The van der Waals surface area contributed by atoms with Crippen molar-refractivity contribution in [1.82, 2.24) is 14.5 Å². The molecule has 0 bridgehead atoms. The van der Waals surface area contributed by atoms with Crippen molar-refractivity contribution < 1.29 is 17.6 Å². The molecule has 168 valence electrons. The molecule has 0 saturated carbocycles. The van der Waals surface area contributed by atoms with E-state index in [1.165, 1.54) is 33.5 Å². The molecule has 1 N–H and O–H groups in total. The number of nitrogens with zero attached hydrogens (tertiary/aromatic N) is 3. The van der Waals surface area contributed by atoms with E-state index in [-0.39, 0.29) is 10.9 Å². The number of carbonyl (C=O) groups is 1. The number of anilines is 1. The summed E-state index contributed by atoms with van der Waals surface area (Å²) >= 11 is 1.77. The predicted molar refractivity (Wildman–Crippen MR) is 122 cm³/mol. The average molecular weight is 473 g/mol. The van der Waals surface area contributed by atoms with Gasteiger partial charge in [-0.15, -0.1) is 16.9 Å². The third-order valence-corrected chi connectivity index (χ3v) is 7.90. The first-order valence-electron chi connectivity index (χ1n) is 10.4. The largest absolute Gasteiger partial charge is 0.407 e. The Hall–Kier alpha value is -2.69. The minimum absolute atomic E-state index is 0.00285. The number of carbonyl (C=O) groups excluding carboxylic acids is 1. The van der Waals surface area contributed by atoms with Crippen LogP contribution in [0.4, 0.5) is 6.01 Å². The Balaban J connectivity index is 1.37. The van der Waals surface area contributed by atoms with Gasteiger partial charge in [0.2, 0.25) is 15.9 Å². The second-order valence-electron chi connectivity index (χ2n) is 7.34. The van der Waals surface area contributed by atoms with Crippen molar-refractivity contribution in [1.29, 1.82) is 0 Å². The molecule has 0 aliphatic carbocycles. The Morgan fingerprint density at radius 1 is 1.06 bits per heavy atom. The summed E-state index contributed by atoms with van der Waals surface area (Å²) in [4.78, 5) is 13.9. The van der Waals surface area contributed by atoms with Gasteiger partial charge in [-0.25, -0.2) is 8.42 Å². The number of hydrogen-bond acceptors (Lipinski definition) is 7. The molecule has 1 aliphatic heterocycles. The van der Waals surface area contributed by atoms with E-state index in [1.807, 2.05) is 12.1 Å². The van der Waals surface area contributed by atoms with Crippen LogP contribution in [0.3, 0.4) is 0 Å². The molecular weight excluding hydrogens is 448 g/mol. The van der Waals surface area contributed by atoms with E-state index in [0.29, 0.717) is 31.0 Å². The van der Waals surface area contributed by atoms with Gasteiger partial charge in [0, 0.05) is 23.5 Å². The maximum atomic E-state index is 12.6. The minimum atomic E-state index is -3.51. The van der Waals surface area contributed by atoms with Crippen LogP contribution >= 0.6 is 11.8 Å². The molecule has 0 spiro atoms. The van der Waals surface area contributed by atoms with Gasteiger partial charge in [-0.3, -0.25) is 10.1 Å². The molecule has 0 unspecified atom stereocenters. The van der Waals surface area contributed by atoms with Crippen molar-refractivity contribution in [2.45, 2.75) is 36.0 Å². The van der Waals surface area contributed by atoms with Crippen LogP contribution in [0.5, 0.6) is 0 Å². The first-order valence-corrected chi connectivity index (χ1v) is 12.8. The normalized spacial score (nSPS) is 14.5. The fourth-order valence-electron chi connectivity index (χ4n) is 3.45. The number of thioether (sulfide) groups is 1. The fourth-order valence-corrected chi connectivity index (χ4v) is 5.62. The number of nitrogens with one attached hydrogen (secondary N) is 1. The van der Waals surface area contributed by atoms with Gasteiger partial charge in [0.1, 0.15) is 0 Å². The molecule has 1 aliphatic rings. The molecule has 0 radical (unpaired) electrons. The van der Waals surface area contributed by atoms with Crippen molar-refractivity contribution in [2.75, 3.05) is 24.2 Å². The summed E-state index contributed by atoms with van der Waals surface area (Å²) in [5, 5.41) is 10.4. The standard InChI is InChI=1S/C22H24N4O4S2/c1-2-31-18-9-5-16(6-10-18)15-20-24-25-22(30-20)23-21(27)17-7-11-19(12-8-17)32(28,29)26-13-3-4-14-26/h5-12H,2-4,13-15H2,1H3,(H,23,25,27). The highest BCUT2D eigenvalue weighted by molar-refractivity contribution is 7.99. The lowest BCUT2D eigenvalue weighted by Gasteiger charge is -2.15. The lowest BCUT2D eigenvalue weighted by molar-refractivity contribution is 0.102. The summed E-state index contributed by atoms with van der Waals surface area (Å²) in [5.41, 5.74) is 1.33. The van der Waals surface area contributed by atoms with Gasteiger partial charge >= 0.3 is 6.01 Å². The molecule has 2 aromatic carbocycles. The lowest BCUT2D eigenvalue weighted by atomic mass is 10.1. The molecule has 8 nitrogen and oxygen atoms in total. The number of rotatable bonds is 8. The SMILES string of the molecule is CCSc1ccc(Cc2nnc(NC(=O)c3ccc(S(=O)(=O)N4CCCC4)cc3)o2)cc1. The second-order valence-corrected chi connectivity index (χ2v) is 10.6. The van der Waals surface area contributed by atoms with Crippen LogP contribution < -0.4 is 5.32 Å². The molecular formula is C22H24N4O4S2. The van der Waals surface area contributed by atoms with E-state index in [9.17, 15) is 13.2 Å². The molecule has 32 heavy (non-hydrogen) atoms. The molecule has 10 heteroatoms. The molecule has 2 heterocycles. The van der Waals surface area contributed by atoms with Gasteiger partial charge in [0.15, 0.2) is 0 Å². The van der Waals surface area contributed by atoms with Gasteiger partial charge in [-0.2, -0.15) is 4.31 Å². The van der Waals surface area contributed by atoms with Gasteiger partial charge in [0.25, 0.3) is 5.91 Å². The van der Waals surface area contributed by atoms with Gasteiger partial charge in [-0.1, -0.05) is 24.2 Å². The van der Waals surface area contributed by atoms with Gasteiger partial charge in [0.05, 0.1) is 11.3 Å². The van der Waals surface area contributed by atoms with E-state index >= 15 is 0 Å². The van der Waals surface area contributed by atoms with Gasteiger partial charge in [-0.05, 0) is 60.6 Å². The van der Waals surface area contributed by atoms with E-state index in [0.717, 1.165) is 24.2 Å². The molecule has 1 amide bonds. The summed E-state index contributed by atoms with van der Waals surface area (Å²) in [6.07, 6.45) is 2.20. The number of hydrogen-bond donors (Lipinski definition) is 1. The highest BCUT2D eigenvalue weighted by Crippen LogP contribution is 2.22. The lowest BCUT2D eigenvalue weighted by Crippen LogP contribution is -2.27. The smallest absolute Gasteiger partial charge is 0.322 e. The molecule has 3 aromatic rings. The maximum absolute atomic E-state index is 12.6. The minimum Gasteiger partial charge on any atom is -0.407 e. The number of benzene rings is 2. The monoisotopic (exact) mass is 472 g/mol. The Bertz CT molecular complexity index is 1170. The van der Waals surface area contributed by atoms with Gasteiger partial charge < -0.3 is 4.42 Å². The van der Waals surface area contributed by atoms with Crippen LogP contribution in [0.2, 0.25) is 0 Å². The number of amides is 1. The molecule has 1 fully saturated rings. The first-order chi connectivity index (χ1) is 15.5. The summed E-state index contributed by atoms with van der Waals surface area (Å²) in [6.45, 7) is 3.18. The van der Waals surface area contributed by atoms with Crippen LogP contribution in [-0.2, 0) is 16.4 Å². The van der Waals surface area contributed by atoms with E-state index in [2.05, 4.69) is 34.6 Å². The summed E-state index contributed by atoms with van der Waals surface area (Å²) in [5.74, 6) is 0.956. The maximum Gasteiger partial charge on any atom is 0.322 e. The van der Waals surface area contributed by atoms with Crippen molar-refractivity contribution in [3.63, 3.8) is 0 Å². The van der Waals surface area contributed by atoms with Crippen molar-refractivity contribution >= 4 is 33.7 Å². The average Bonchev–Trinajstić information content (AvgIpc) is 3.48. The van der Waals surface area contributed by atoms with Crippen LogP contribution in [0, 0.1) is 0 Å². The fraction of sp³-hybridized carbons (Fsp3) is 0.318. The molecule has 4 rings (SSSR count). The van der Waals surface area contributed by atoms with Crippen LogP contribution in [-0.4, -0.2) is 47.7 Å². The van der Waals surface area contributed by atoms with Crippen LogP contribution in [0.1, 0.15) is 41.6 Å². The molecule has 0 atom stereocenters. The third-order valence-electron chi connectivity index (χ3n) is 5.10. The first kappa shape index (κ1) is 22.5. The zero-order valence-corrected chi connectivity index (χ0v) is 19.3. The summed E-state index contributed by atoms with van der Waals surface area (Å²) < 4.78 is 32.2. The van der Waals surface area contributed by atoms with Crippen molar-refractivity contribution in [3.05, 3.63) is 65.5 Å². The van der Waals surface area contributed by atoms with Crippen molar-refractivity contribution in [3.8, 4) is 0 Å². The Morgan fingerprint density at radius 3 is 2.41 bits per heavy atom. The highest BCUT2D eigenvalue weighted by atomic mass is 32.2. The summed E-state index contributed by atoms with van der Waals surface area (Å²) in [6, 6.07) is 14.0. The van der Waals surface area contributed by atoms with E-state index < -0.39 is 15.9 Å². The summed E-state index contributed by atoms with van der Waals surface area (Å²) in [7, 11) is -3.51. The topological polar surface area (TPSA) is 105 Å². The van der Waals surface area contributed by atoms with E-state index in [4.69, 9.17) is 4.42 Å². The van der Waals surface area contributed by atoms with Crippen molar-refractivity contribution in [2.24, 2.45) is 0 Å². The van der Waals surface area contributed by atoms with Crippen LogP contribution in [0.15, 0.2) is 62.7 Å². The Morgan fingerprint density at radius 2 is 1.75 bits per heavy atom. The van der Waals surface area contributed by atoms with E-state index in [1.54, 1.807) is 11.8 Å². The molecule has 1 aromatic heterocycles.